The number of allylic oxidation sites excluding steroid dienone is 1. The summed E-state index contributed by atoms with van der Waals surface area (Å²) in [6, 6.07) is 2.44. The van der Waals surface area contributed by atoms with E-state index in [9.17, 15) is 18.0 Å². The highest BCUT2D eigenvalue weighted by Crippen LogP contribution is 2.66. The lowest BCUT2D eigenvalue weighted by Gasteiger charge is -2.59. The highest BCUT2D eigenvalue weighted by Gasteiger charge is 2.61. The molecule has 8 nitrogen and oxygen atoms in total. The fraction of sp³-hybridized carbons (Fsp3) is 0.655. The molecule has 4 aliphatic rings. The largest absolute Gasteiger partial charge is 0.493 e. The summed E-state index contributed by atoms with van der Waals surface area (Å²) < 4.78 is 41.0. The van der Waals surface area contributed by atoms with Crippen LogP contribution in [-0.2, 0) is 19.6 Å². The Morgan fingerprint density at radius 2 is 1.79 bits per heavy atom. The van der Waals surface area contributed by atoms with Crippen molar-refractivity contribution in [2.75, 3.05) is 14.2 Å². The number of primary sulfonamides is 1. The molecule has 38 heavy (non-hydrogen) atoms. The van der Waals surface area contributed by atoms with Gasteiger partial charge in [0.2, 0.25) is 10.0 Å². The third kappa shape index (κ3) is 4.17. The van der Waals surface area contributed by atoms with Crippen LogP contribution in [-0.4, -0.2) is 40.5 Å². The summed E-state index contributed by atoms with van der Waals surface area (Å²) in [6.07, 6.45) is 7.98. The zero-order chi connectivity index (χ0) is 27.6. The fourth-order valence-corrected chi connectivity index (χ4v) is 9.13. The second-order valence-electron chi connectivity index (χ2n) is 12.3. The Bertz CT molecular complexity index is 1300. The molecule has 5 rings (SSSR count). The first-order valence-electron chi connectivity index (χ1n) is 13.6. The van der Waals surface area contributed by atoms with Gasteiger partial charge in [0, 0.05) is 17.9 Å². The summed E-state index contributed by atoms with van der Waals surface area (Å²) in [5.41, 5.74) is 1.21. The van der Waals surface area contributed by atoms with Gasteiger partial charge in [-0.05, 0) is 79.8 Å². The Labute approximate surface area is 225 Å². The molecule has 0 radical (unpaired) electrons. The van der Waals surface area contributed by atoms with Gasteiger partial charge in [0.15, 0.2) is 17.3 Å². The molecule has 0 spiro atoms. The Morgan fingerprint density at radius 3 is 2.45 bits per heavy atom. The molecule has 3 saturated carbocycles. The van der Waals surface area contributed by atoms with Gasteiger partial charge >= 0.3 is 5.97 Å². The number of nitrogens with two attached hydrogens (primary N) is 1. The summed E-state index contributed by atoms with van der Waals surface area (Å²) in [5, 5.41) is 5.35. The minimum absolute atomic E-state index is 0.0166. The maximum atomic E-state index is 13.5. The van der Waals surface area contributed by atoms with Crippen molar-refractivity contribution in [3.63, 3.8) is 0 Å². The zero-order valence-electron chi connectivity index (χ0n) is 22.9. The average molecular weight is 546 g/mol. The molecule has 208 valence electrons. The van der Waals surface area contributed by atoms with Crippen molar-refractivity contribution in [2.45, 2.75) is 76.7 Å². The smallest absolute Gasteiger partial charge is 0.342 e. The standard InChI is InChI=1S/C29H39NO7S/c1-16-12-19-21-6-7-25(29(21,3)11-9-22(19)28(2)10-8-17(31)13-23(16)28)37-27(32)20-14-18(38(30,33)34)15-24(35-4)26(20)36-5/h13-16,19,21-22,25H,6-12H2,1-5H3,(H2,30,33,34)/t16-,19?,21?,22?,25-,28+,29-/m0/s1. The van der Waals surface area contributed by atoms with Crippen LogP contribution in [0.1, 0.15) is 76.1 Å². The van der Waals surface area contributed by atoms with Crippen LogP contribution in [0.4, 0.5) is 0 Å². The molecule has 0 aliphatic heterocycles. The number of methoxy groups -OCH3 is 2. The van der Waals surface area contributed by atoms with E-state index in [-0.39, 0.29) is 44.7 Å². The number of benzene rings is 1. The van der Waals surface area contributed by atoms with E-state index >= 15 is 0 Å². The lowest BCUT2D eigenvalue weighted by atomic mass is 9.45. The molecule has 9 heteroatoms. The van der Waals surface area contributed by atoms with Crippen LogP contribution in [0.3, 0.4) is 0 Å². The number of fused-ring (bicyclic) bond motifs is 5. The van der Waals surface area contributed by atoms with E-state index < -0.39 is 16.0 Å². The molecule has 0 aromatic heterocycles. The second kappa shape index (κ2) is 9.37. The van der Waals surface area contributed by atoms with E-state index in [0.29, 0.717) is 30.1 Å². The minimum atomic E-state index is -4.08. The third-order valence-electron chi connectivity index (χ3n) is 10.4. The molecule has 2 N–H and O–H groups in total. The van der Waals surface area contributed by atoms with E-state index in [0.717, 1.165) is 38.5 Å². The molecule has 7 atom stereocenters. The number of ketones is 1. The van der Waals surface area contributed by atoms with Crippen LogP contribution in [0.15, 0.2) is 28.7 Å². The van der Waals surface area contributed by atoms with Crippen molar-refractivity contribution >= 4 is 21.8 Å². The number of carbonyl (C=O) groups excluding carboxylic acids is 2. The van der Waals surface area contributed by atoms with E-state index in [1.165, 1.54) is 31.9 Å². The van der Waals surface area contributed by atoms with Gasteiger partial charge in [-0.25, -0.2) is 18.4 Å². The van der Waals surface area contributed by atoms with Gasteiger partial charge in [-0.15, -0.1) is 0 Å². The van der Waals surface area contributed by atoms with Crippen molar-refractivity contribution in [1.82, 2.24) is 0 Å². The number of hydrogen-bond donors (Lipinski definition) is 1. The molecule has 1 aromatic rings. The first-order valence-corrected chi connectivity index (χ1v) is 15.1. The van der Waals surface area contributed by atoms with Crippen LogP contribution in [0.5, 0.6) is 11.5 Å². The lowest BCUT2D eigenvalue weighted by molar-refractivity contribution is -0.118. The molecule has 0 amide bonds. The van der Waals surface area contributed by atoms with E-state index in [1.807, 2.05) is 6.08 Å². The first-order chi connectivity index (χ1) is 17.8. The van der Waals surface area contributed by atoms with Crippen LogP contribution in [0, 0.1) is 34.5 Å². The SMILES string of the molecule is COc1cc(S(N)(=O)=O)cc(C(=O)O[C@H]2CCC3C4C[C@H](C)C5=CC(=O)CC[C@]5(C)C4CC[C@@]32C)c1OC. The van der Waals surface area contributed by atoms with Gasteiger partial charge in [0.25, 0.3) is 0 Å². The molecule has 0 bridgehead atoms. The number of rotatable bonds is 5. The molecule has 1 aromatic carbocycles. The van der Waals surface area contributed by atoms with Gasteiger partial charge in [-0.1, -0.05) is 26.3 Å². The molecule has 0 saturated heterocycles. The zero-order valence-corrected chi connectivity index (χ0v) is 23.7. The molecular weight excluding hydrogens is 506 g/mol. The van der Waals surface area contributed by atoms with Crippen LogP contribution >= 0.6 is 0 Å². The highest BCUT2D eigenvalue weighted by atomic mass is 32.2. The minimum Gasteiger partial charge on any atom is -0.493 e. The van der Waals surface area contributed by atoms with E-state index in [4.69, 9.17) is 19.3 Å². The van der Waals surface area contributed by atoms with Gasteiger partial charge < -0.3 is 14.2 Å². The number of ether oxygens (including phenoxy) is 3. The van der Waals surface area contributed by atoms with Gasteiger partial charge in [-0.2, -0.15) is 0 Å². The third-order valence-corrected chi connectivity index (χ3v) is 11.3. The molecule has 3 unspecified atom stereocenters. The summed E-state index contributed by atoms with van der Waals surface area (Å²) in [5.74, 6) is 1.67. The second-order valence-corrected chi connectivity index (χ2v) is 13.8. The van der Waals surface area contributed by atoms with Crippen molar-refractivity contribution in [3.05, 3.63) is 29.3 Å². The predicted molar refractivity (Wildman–Crippen MR) is 141 cm³/mol. The Hall–Kier alpha value is -2.39. The van der Waals surface area contributed by atoms with Crippen molar-refractivity contribution in [3.8, 4) is 11.5 Å². The molecular formula is C29H39NO7S. The predicted octanol–water partition coefficient (Wildman–Crippen LogP) is 4.65. The fourth-order valence-electron chi connectivity index (χ4n) is 8.58. The van der Waals surface area contributed by atoms with Crippen molar-refractivity contribution in [1.29, 1.82) is 0 Å². The summed E-state index contributed by atoms with van der Waals surface area (Å²) in [6.45, 7) is 6.88. The quantitative estimate of drug-likeness (QED) is 0.534. The van der Waals surface area contributed by atoms with Crippen LogP contribution in [0.25, 0.3) is 0 Å². The van der Waals surface area contributed by atoms with Gasteiger partial charge in [0.05, 0.1) is 19.1 Å². The van der Waals surface area contributed by atoms with Crippen molar-refractivity contribution < 1.29 is 32.2 Å². The van der Waals surface area contributed by atoms with Crippen LogP contribution in [0.2, 0.25) is 0 Å². The molecule has 4 aliphatic carbocycles. The number of hydrogen-bond acceptors (Lipinski definition) is 7. The highest BCUT2D eigenvalue weighted by molar-refractivity contribution is 7.89. The first kappa shape index (κ1) is 27.2. The Kier molecular flexibility index (Phi) is 6.70. The summed E-state index contributed by atoms with van der Waals surface area (Å²) in [4.78, 5) is 25.5. The monoisotopic (exact) mass is 545 g/mol. The van der Waals surface area contributed by atoms with Crippen molar-refractivity contribution in [2.24, 2.45) is 39.6 Å². The average Bonchev–Trinajstić information content (AvgIpc) is 3.19. The van der Waals surface area contributed by atoms with E-state index in [1.54, 1.807) is 0 Å². The normalized spacial score (nSPS) is 36.4. The van der Waals surface area contributed by atoms with Gasteiger partial charge in [-0.3, -0.25) is 4.79 Å². The number of sulfonamides is 1. The Morgan fingerprint density at radius 1 is 1.05 bits per heavy atom. The topological polar surface area (TPSA) is 122 Å². The maximum absolute atomic E-state index is 13.5. The number of esters is 1. The van der Waals surface area contributed by atoms with Gasteiger partial charge in [0.1, 0.15) is 11.7 Å². The summed E-state index contributed by atoms with van der Waals surface area (Å²) in [7, 11) is -1.32. The van der Waals surface area contributed by atoms with E-state index in [2.05, 4.69) is 20.8 Å². The number of carbonyl (C=O) groups is 2. The van der Waals surface area contributed by atoms with Crippen LogP contribution < -0.4 is 14.6 Å². The molecule has 0 heterocycles. The molecule has 3 fully saturated rings. The Balaban J connectivity index is 1.42. The maximum Gasteiger partial charge on any atom is 0.342 e. The summed E-state index contributed by atoms with van der Waals surface area (Å²) >= 11 is 0. The lowest BCUT2D eigenvalue weighted by Crippen LogP contribution is -2.53.